The number of nitrogens with zero attached hydrogens (tertiary/aromatic N) is 1. The molecule has 102 valence electrons. The molecule has 1 aromatic heterocycles. The van der Waals surface area contributed by atoms with Gasteiger partial charge in [-0.1, -0.05) is 20.8 Å². The highest BCUT2D eigenvalue weighted by molar-refractivity contribution is 7.89. The molecule has 6 heteroatoms. The summed E-state index contributed by atoms with van der Waals surface area (Å²) < 4.78 is 31.8. The SMILES string of the molecule is COC(CNS(=O)(=O)c1cccnc1)C(C)(C)C. The van der Waals surface area contributed by atoms with E-state index in [2.05, 4.69) is 9.71 Å². The topological polar surface area (TPSA) is 68.3 Å². The summed E-state index contributed by atoms with van der Waals surface area (Å²) in [4.78, 5) is 3.96. The maximum atomic E-state index is 12.0. The first kappa shape index (κ1) is 15.1. The van der Waals surface area contributed by atoms with Crippen molar-refractivity contribution in [1.29, 1.82) is 0 Å². The van der Waals surface area contributed by atoms with Gasteiger partial charge in [0, 0.05) is 26.0 Å². The number of rotatable bonds is 5. The minimum atomic E-state index is -3.52. The number of hydrogen-bond acceptors (Lipinski definition) is 4. The maximum absolute atomic E-state index is 12.0. The molecule has 1 heterocycles. The van der Waals surface area contributed by atoms with Crippen molar-refractivity contribution in [3.63, 3.8) is 0 Å². The molecule has 0 spiro atoms. The zero-order chi connectivity index (χ0) is 13.8. The number of ether oxygens (including phenoxy) is 1. The maximum Gasteiger partial charge on any atom is 0.242 e. The third-order valence-electron chi connectivity index (χ3n) is 2.65. The molecule has 0 aliphatic carbocycles. The van der Waals surface area contributed by atoms with Crippen molar-refractivity contribution in [2.24, 2.45) is 5.41 Å². The Morgan fingerprint density at radius 1 is 1.44 bits per heavy atom. The van der Waals surface area contributed by atoms with E-state index in [1.54, 1.807) is 13.2 Å². The van der Waals surface area contributed by atoms with Crippen molar-refractivity contribution in [2.45, 2.75) is 31.8 Å². The molecule has 0 saturated carbocycles. The van der Waals surface area contributed by atoms with Gasteiger partial charge in [-0.2, -0.15) is 0 Å². The number of sulfonamides is 1. The molecule has 1 unspecified atom stereocenters. The van der Waals surface area contributed by atoms with E-state index in [0.29, 0.717) is 0 Å². The van der Waals surface area contributed by atoms with Crippen LogP contribution in [-0.2, 0) is 14.8 Å². The third kappa shape index (κ3) is 4.04. The number of aromatic nitrogens is 1. The second-order valence-electron chi connectivity index (χ2n) is 5.13. The summed E-state index contributed by atoms with van der Waals surface area (Å²) in [5.74, 6) is 0. The zero-order valence-electron chi connectivity index (χ0n) is 11.2. The van der Waals surface area contributed by atoms with E-state index >= 15 is 0 Å². The largest absolute Gasteiger partial charge is 0.380 e. The Balaban J connectivity index is 2.74. The fraction of sp³-hybridized carbons (Fsp3) is 0.583. The summed E-state index contributed by atoms with van der Waals surface area (Å²) in [6, 6.07) is 3.10. The average molecular weight is 272 g/mol. The van der Waals surface area contributed by atoms with Gasteiger partial charge >= 0.3 is 0 Å². The minimum Gasteiger partial charge on any atom is -0.380 e. The summed E-state index contributed by atoms with van der Waals surface area (Å²) in [7, 11) is -1.94. The number of hydrogen-bond donors (Lipinski definition) is 1. The van der Waals surface area contributed by atoms with Crippen LogP contribution in [0.5, 0.6) is 0 Å². The van der Waals surface area contributed by atoms with E-state index in [4.69, 9.17) is 4.74 Å². The lowest BCUT2D eigenvalue weighted by Gasteiger charge is -2.29. The van der Waals surface area contributed by atoms with E-state index in [1.165, 1.54) is 18.5 Å². The fourth-order valence-electron chi connectivity index (χ4n) is 1.52. The molecular formula is C12H20N2O3S. The van der Waals surface area contributed by atoms with Crippen LogP contribution in [0.25, 0.3) is 0 Å². The molecular weight excluding hydrogens is 252 g/mol. The van der Waals surface area contributed by atoms with Crippen molar-refractivity contribution in [3.05, 3.63) is 24.5 Å². The Morgan fingerprint density at radius 2 is 2.11 bits per heavy atom. The van der Waals surface area contributed by atoms with Crippen LogP contribution in [0.1, 0.15) is 20.8 Å². The highest BCUT2D eigenvalue weighted by Crippen LogP contribution is 2.21. The second-order valence-corrected chi connectivity index (χ2v) is 6.90. The molecule has 1 atom stereocenters. The third-order valence-corrected chi connectivity index (χ3v) is 4.06. The van der Waals surface area contributed by atoms with Crippen LogP contribution < -0.4 is 4.72 Å². The van der Waals surface area contributed by atoms with E-state index in [-0.39, 0.29) is 23.0 Å². The molecule has 18 heavy (non-hydrogen) atoms. The predicted octanol–water partition coefficient (Wildman–Crippen LogP) is 1.42. The van der Waals surface area contributed by atoms with Crippen LogP contribution in [0.4, 0.5) is 0 Å². The van der Waals surface area contributed by atoms with Gasteiger partial charge in [-0.3, -0.25) is 4.98 Å². The molecule has 0 amide bonds. The Bertz CT molecular complexity index is 466. The second kappa shape index (κ2) is 5.77. The van der Waals surface area contributed by atoms with Crippen molar-refractivity contribution < 1.29 is 13.2 Å². The van der Waals surface area contributed by atoms with Gasteiger partial charge in [0.25, 0.3) is 0 Å². The van der Waals surface area contributed by atoms with Gasteiger partial charge < -0.3 is 4.74 Å². The summed E-state index contributed by atoms with van der Waals surface area (Å²) in [5, 5.41) is 0. The highest BCUT2D eigenvalue weighted by atomic mass is 32.2. The van der Waals surface area contributed by atoms with Gasteiger partial charge in [0.05, 0.1) is 6.10 Å². The Labute approximate surface area is 109 Å². The average Bonchev–Trinajstić information content (AvgIpc) is 2.29. The highest BCUT2D eigenvalue weighted by Gasteiger charge is 2.26. The standard InChI is InChI=1S/C12H20N2O3S/c1-12(2,3)11(17-4)9-14-18(15,16)10-6-5-7-13-8-10/h5-8,11,14H,9H2,1-4H3. The molecule has 0 radical (unpaired) electrons. The van der Waals surface area contributed by atoms with Gasteiger partial charge in [-0.15, -0.1) is 0 Å². The summed E-state index contributed by atoms with van der Waals surface area (Å²) in [5.41, 5.74) is -0.133. The van der Waals surface area contributed by atoms with E-state index < -0.39 is 10.0 Å². The van der Waals surface area contributed by atoms with Crippen molar-refractivity contribution in [3.8, 4) is 0 Å². The molecule has 0 aliphatic heterocycles. The van der Waals surface area contributed by atoms with Gasteiger partial charge in [0.2, 0.25) is 10.0 Å². The molecule has 1 rings (SSSR count). The smallest absolute Gasteiger partial charge is 0.242 e. The van der Waals surface area contributed by atoms with Gasteiger partial charge in [0.15, 0.2) is 0 Å². The molecule has 5 nitrogen and oxygen atoms in total. The number of pyridine rings is 1. The van der Waals surface area contributed by atoms with Gasteiger partial charge in [-0.05, 0) is 17.5 Å². The van der Waals surface area contributed by atoms with Crippen LogP contribution in [-0.4, -0.2) is 33.2 Å². The molecule has 0 aromatic carbocycles. The van der Waals surface area contributed by atoms with Crippen molar-refractivity contribution in [1.82, 2.24) is 9.71 Å². The number of methoxy groups -OCH3 is 1. The summed E-state index contributed by atoms with van der Waals surface area (Å²) in [6.45, 7) is 6.23. The Hall–Kier alpha value is -0.980. The number of nitrogens with one attached hydrogen (secondary N) is 1. The quantitative estimate of drug-likeness (QED) is 0.880. The lowest BCUT2D eigenvalue weighted by atomic mass is 9.89. The molecule has 0 saturated heterocycles. The molecule has 0 bridgehead atoms. The first-order valence-corrected chi connectivity index (χ1v) is 7.18. The first-order valence-electron chi connectivity index (χ1n) is 5.70. The summed E-state index contributed by atoms with van der Waals surface area (Å²) >= 11 is 0. The normalized spacial score (nSPS) is 14.4. The Morgan fingerprint density at radius 3 is 2.56 bits per heavy atom. The Kier molecular flexibility index (Phi) is 4.84. The van der Waals surface area contributed by atoms with Crippen LogP contribution in [0, 0.1) is 5.41 Å². The lowest BCUT2D eigenvalue weighted by Crippen LogP contribution is -2.40. The van der Waals surface area contributed by atoms with Crippen LogP contribution in [0.2, 0.25) is 0 Å². The van der Waals surface area contributed by atoms with Crippen molar-refractivity contribution in [2.75, 3.05) is 13.7 Å². The lowest BCUT2D eigenvalue weighted by molar-refractivity contribution is 0.0212. The molecule has 1 aromatic rings. The van der Waals surface area contributed by atoms with Crippen molar-refractivity contribution >= 4 is 10.0 Å². The van der Waals surface area contributed by atoms with E-state index in [0.717, 1.165) is 0 Å². The van der Waals surface area contributed by atoms with E-state index in [1.807, 2.05) is 20.8 Å². The predicted molar refractivity (Wildman–Crippen MR) is 69.7 cm³/mol. The zero-order valence-corrected chi connectivity index (χ0v) is 12.0. The van der Waals surface area contributed by atoms with Gasteiger partial charge in [0.1, 0.15) is 4.90 Å². The molecule has 0 aliphatic rings. The summed E-state index contributed by atoms with van der Waals surface area (Å²) in [6.07, 6.45) is 2.66. The van der Waals surface area contributed by atoms with E-state index in [9.17, 15) is 8.42 Å². The van der Waals surface area contributed by atoms with Crippen LogP contribution >= 0.6 is 0 Å². The van der Waals surface area contributed by atoms with Crippen LogP contribution in [0.3, 0.4) is 0 Å². The monoisotopic (exact) mass is 272 g/mol. The van der Waals surface area contributed by atoms with Crippen LogP contribution in [0.15, 0.2) is 29.4 Å². The first-order chi connectivity index (χ1) is 8.27. The molecule has 0 fully saturated rings. The minimum absolute atomic E-state index is 0.133. The van der Waals surface area contributed by atoms with Gasteiger partial charge in [-0.25, -0.2) is 13.1 Å². The molecule has 1 N–H and O–H groups in total. The fourth-order valence-corrected chi connectivity index (χ4v) is 2.51.